The number of esters is 1. The highest BCUT2D eigenvalue weighted by molar-refractivity contribution is 5.97. The summed E-state index contributed by atoms with van der Waals surface area (Å²) in [5, 5.41) is 2.86. The molecule has 2 aromatic rings. The van der Waals surface area contributed by atoms with Gasteiger partial charge in [0.05, 0.1) is 32.4 Å². The molecule has 0 aliphatic carbocycles. The minimum absolute atomic E-state index is 0.193. The van der Waals surface area contributed by atoms with Crippen molar-refractivity contribution in [2.24, 2.45) is 10.8 Å². The van der Waals surface area contributed by atoms with Gasteiger partial charge in [0.1, 0.15) is 0 Å². The molecule has 174 valence electrons. The topological polar surface area (TPSA) is 83.1 Å². The summed E-state index contributed by atoms with van der Waals surface area (Å²) >= 11 is 0. The van der Waals surface area contributed by atoms with E-state index in [-0.39, 0.29) is 11.7 Å². The van der Waals surface area contributed by atoms with Crippen LogP contribution in [0.5, 0.6) is 23.0 Å². The fourth-order valence-electron chi connectivity index (χ4n) is 2.77. The maximum Gasteiger partial charge on any atom is 0.316 e. The van der Waals surface area contributed by atoms with Crippen LogP contribution in [0.2, 0.25) is 0 Å². The number of carbonyl (C=O) groups excluding carboxylic acids is 2. The van der Waals surface area contributed by atoms with Crippen LogP contribution in [-0.4, -0.2) is 33.2 Å². The average Bonchev–Trinajstić information content (AvgIpc) is 2.72. The van der Waals surface area contributed by atoms with E-state index in [9.17, 15) is 9.59 Å². The van der Waals surface area contributed by atoms with Crippen molar-refractivity contribution in [2.45, 2.75) is 41.5 Å². The predicted octanol–water partition coefficient (Wildman–Crippen LogP) is 5.32. The fraction of sp³-hybridized carbons (Fsp3) is 0.440. The molecule has 0 fully saturated rings. The first-order valence-electron chi connectivity index (χ1n) is 10.3. The van der Waals surface area contributed by atoms with E-state index in [1.54, 1.807) is 53.2 Å². The molecular formula is C25H33NO6. The average molecular weight is 444 g/mol. The first-order chi connectivity index (χ1) is 14.8. The van der Waals surface area contributed by atoms with Gasteiger partial charge in [0, 0.05) is 11.0 Å². The highest BCUT2D eigenvalue weighted by Gasteiger charge is 2.27. The molecule has 0 aromatic heterocycles. The standard InChI is InChI=1S/C25H33NO6/c1-24(2,3)22(27)26-17-12-10-15(14-19(17)32-23(28)25(4,5)6)16-11-13-18(29-7)21(31-9)20(16)30-8/h10-14H,1-9H3,(H,26,27). The first kappa shape index (κ1) is 25.0. The number of methoxy groups -OCH3 is 3. The molecule has 7 nitrogen and oxygen atoms in total. The quantitative estimate of drug-likeness (QED) is 0.481. The summed E-state index contributed by atoms with van der Waals surface area (Å²) in [7, 11) is 4.62. The van der Waals surface area contributed by atoms with Crippen LogP contribution in [0.3, 0.4) is 0 Å². The van der Waals surface area contributed by atoms with Crippen molar-refractivity contribution in [2.75, 3.05) is 26.6 Å². The first-order valence-corrected chi connectivity index (χ1v) is 10.3. The van der Waals surface area contributed by atoms with E-state index in [0.717, 1.165) is 0 Å². The zero-order chi connectivity index (χ0) is 24.3. The van der Waals surface area contributed by atoms with Crippen LogP contribution in [0.4, 0.5) is 5.69 Å². The van der Waals surface area contributed by atoms with Crippen LogP contribution in [0, 0.1) is 10.8 Å². The molecule has 2 aromatic carbocycles. The van der Waals surface area contributed by atoms with Crippen LogP contribution in [0.15, 0.2) is 30.3 Å². The molecule has 0 aliphatic heterocycles. The van der Waals surface area contributed by atoms with Crippen LogP contribution < -0.4 is 24.3 Å². The summed E-state index contributed by atoms with van der Waals surface area (Å²) in [6.45, 7) is 10.7. The molecular weight excluding hydrogens is 410 g/mol. The molecule has 1 amide bonds. The Morgan fingerprint density at radius 2 is 1.38 bits per heavy atom. The van der Waals surface area contributed by atoms with Crippen LogP contribution in [-0.2, 0) is 9.59 Å². The number of hydrogen-bond donors (Lipinski definition) is 1. The molecule has 0 atom stereocenters. The lowest BCUT2D eigenvalue weighted by Gasteiger charge is -2.22. The van der Waals surface area contributed by atoms with Crippen LogP contribution >= 0.6 is 0 Å². The van der Waals surface area contributed by atoms with E-state index >= 15 is 0 Å². The van der Waals surface area contributed by atoms with Crippen molar-refractivity contribution in [3.63, 3.8) is 0 Å². The number of nitrogens with one attached hydrogen (secondary N) is 1. The molecule has 0 saturated heterocycles. The third-order valence-corrected chi connectivity index (χ3v) is 4.74. The highest BCUT2D eigenvalue weighted by Crippen LogP contribution is 2.45. The van der Waals surface area contributed by atoms with Crippen LogP contribution in [0.25, 0.3) is 11.1 Å². The SMILES string of the molecule is COc1ccc(-c2ccc(NC(=O)C(C)(C)C)c(OC(=O)C(C)(C)C)c2)c(OC)c1OC. The van der Waals surface area contributed by atoms with E-state index in [0.29, 0.717) is 34.1 Å². The molecule has 0 bridgehead atoms. The zero-order valence-electron chi connectivity index (χ0n) is 20.3. The molecule has 32 heavy (non-hydrogen) atoms. The number of carbonyl (C=O) groups is 2. The Hall–Kier alpha value is -3.22. The van der Waals surface area contributed by atoms with Gasteiger partial charge in [0.2, 0.25) is 11.7 Å². The minimum atomic E-state index is -0.720. The van der Waals surface area contributed by atoms with Gasteiger partial charge in [-0.05, 0) is 50.6 Å². The van der Waals surface area contributed by atoms with Crippen molar-refractivity contribution in [3.8, 4) is 34.1 Å². The number of rotatable bonds is 6. The lowest BCUT2D eigenvalue weighted by atomic mass is 9.95. The van der Waals surface area contributed by atoms with Gasteiger partial charge in [-0.2, -0.15) is 0 Å². The highest BCUT2D eigenvalue weighted by atomic mass is 16.5. The monoisotopic (exact) mass is 443 g/mol. The number of anilines is 1. The minimum Gasteiger partial charge on any atom is -0.493 e. The summed E-state index contributed by atoms with van der Waals surface area (Å²) in [4.78, 5) is 25.2. The van der Waals surface area contributed by atoms with E-state index in [4.69, 9.17) is 18.9 Å². The molecule has 2 rings (SSSR count). The van der Waals surface area contributed by atoms with Gasteiger partial charge in [0.25, 0.3) is 0 Å². The van der Waals surface area contributed by atoms with Crippen molar-refractivity contribution in [1.29, 1.82) is 0 Å². The van der Waals surface area contributed by atoms with Gasteiger partial charge in [-0.15, -0.1) is 0 Å². The maximum atomic E-state index is 12.6. The van der Waals surface area contributed by atoms with Gasteiger partial charge < -0.3 is 24.3 Å². The Kier molecular flexibility index (Phi) is 7.44. The third-order valence-electron chi connectivity index (χ3n) is 4.74. The molecule has 7 heteroatoms. The Balaban J connectivity index is 2.63. The Labute approximate surface area is 190 Å². The number of amides is 1. The molecule has 1 N–H and O–H groups in total. The second-order valence-corrected chi connectivity index (χ2v) is 9.44. The van der Waals surface area contributed by atoms with Gasteiger partial charge in [-0.25, -0.2) is 0 Å². The molecule has 0 aliphatic rings. The lowest BCUT2D eigenvalue weighted by Crippen LogP contribution is -2.29. The predicted molar refractivity (Wildman–Crippen MR) is 125 cm³/mol. The van der Waals surface area contributed by atoms with Crippen molar-refractivity contribution >= 4 is 17.6 Å². The Morgan fingerprint density at radius 1 is 0.750 bits per heavy atom. The van der Waals surface area contributed by atoms with E-state index in [1.807, 2.05) is 32.9 Å². The molecule has 0 unspecified atom stereocenters. The summed E-state index contributed by atoms with van der Waals surface area (Å²) in [5.74, 6) is 1.10. The van der Waals surface area contributed by atoms with Gasteiger partial charge in [0.15, 0.2) is 17.2 Å². The van der Waals surface area contributed by atoms with E-state index in [1.165, 1.54) is 7.11 Å². The molecule has 0 spiro atoms. The summed E-state index contributed by atoms with van der Waals surface area (Å²) in [6, 6.07) is 8.83. The van der Waals surface area contributed by atoms with E-state index < -0.39 is 16.8 Å². The lowest BCUT2D eigenvalue weighted by molar-refractivity contribution is -0.143. The smallest absolute Gasteiger partial charge is 0.316 e. The Morgan fingerprint density at radius 3 is 1.88 bits per heavy atom. The van der Waals surface area contributed by atoms with Crippen LogP contribution in [0.1, 0.15) is 41.5 Å². The van der Waals surface area contributed by atoms with Crippen molar-refractivity contribution in [3.05, 3.63) is 30.3 Å². The van der Waals surface area contributed by atoms with Gasteiger partial charge in [-0.3, -0.25) is 9.59 Å². The number of benzene rings is 2. The van der Waals surface area contributed by atoms with Gasteiger partial charge in [-0.1, -0.05) is 26.8 Å². The second-order valence-electron chi connectivity index (χ2n) is 9.44. The van der Waals surface area contributed by atoms with Gasteiger partial charge >= 0.3 is 5.97 Å². The van der Waals surface area contributed by atoms with E-state index in [2.05, 4.69) is 5.32 Å². The summed E-state index contributed by atoms with van der Waals surface area (Å²) < 4.78 is 22.1. The summed E-state index contributed by atoms with van der Waals surface area (Å²) in [5.41, 5.74) is 0.504. The molecule has 0 saturated carbocycles. The molecule has 0 heterocycles. The number of hydrogen-bond acceptors (Lipinski definition) is 6. The zero-order valence-corrected chi connectivity index (χ0v) is 20.3. The largest absolute Gasteiger partial charge is 0.493 e. The normalized spacial score (nSPS) is 11.5. The second kappa shape index (κ2) is 9.51. The van der Waals surface area contributed by atoms with Crippen molar-refractivity contribution in [1.82, 2.24) is 0 Å². The Bertz CT molecular complexity index is 999. The molecule has 0 radical (unpaired) electrons. The third kappa shape index (κ3) is 5.52. The fourth-order valence-corrected chi connectivity index (χ4v) is 2.77. The maximum absolute atomic E-state index is 12.6. The number of ether oxygens (including phenoxy) is 4. The van der Waals surface area contributed by atoms with Crippen molar-refractivity contribution < 1.29 is 28.5 Å². The summed E-state index contributed by atoms with van der Waals surface area (Å²) in [6.07, 6.45) is 0.